The van der Waals surface area contributed by atoms with Crippen LogP contribution in [0, 0.1) is 0 Å². The van der Waals surface area contributed by atoms with Crippen molar-refractivity contribution in [1.29, 1.82) is 0 Å². The molecule has 2 aromatic carbocycles. The van der Waals surface area contributed by atoms with Crippen molar-refractivity contribution in [2.24, 2.45) is 0 Å². The number of anilines is 1. The van der Waals surface area contributed by atoms with Gasteiger partial charge in [-0.15, -0.1) is 0 Å². The Hall–Kier alpha value is -2.38. The minimum absolute atomic E-state index is 0.0599. The molecule has 0 bridgehead atoms. The van der Waals surface area contributed by atoms with Crippen molar-refractivity contribution in [2.75, 3.05) is 45.2 Å². The monoisotopic (exact) mass is 429 g/mol. The molecule has 1 amide bonds. The van der Waals surface area contributed by atoms with Crippen LogP contribution < -0.4 is 4.90 Å². The molecule has 0 N–H and O–H groups in total. The normalized spacial score (nSPS) is 16.3. The zero-order chi connectivity index (χ0) is 21.9. The average molecular weight is 430 g/mol. The Morgan fingerprint density at radius 1 is 0.967 bits per heavy atom. The summed E-state index contributed by atoms with van der Waals surface area (Å²) in [6.07, 6.45) is 1.01. The fourth-order valence-corrected chi connectivity index (χ4v) is 4.99. The summed E-state index contributed by atoms with van der Waals surface area (Å²) in [5.74, 6) is 0.346. The molecule has 1 saturated heterocycles. The maximum atomic E-state index is 13.0. The van der Waals surface area contributed by atoms with E-state index in [1.165, 1.54) is 4.31 Å². The zero-order valence-electron chi connectivity index (χ0n) is 18.2. The topological polar surface area (TPSA) is 60.9 Å². The molecule has 1 aliphatic rings. The molecule has 1 atom stereocenters. The van der Waals surface area contributed by atoms with Crippen LogP contribution in [0.15, 0.2) is 53.4 Å². The van der Waals surface area contributed by atoms with Crippen molar-refractivity contribution >= 4 is 21.6 Å². The fraction of sp³-hybridized carbons (Fsp3) is 0.435. The molecule has 0 saturated carbocycles. The lowest BCUT2D eigenvalue weighted by molar-refractivity contribution is 0.0698. The van der Waals surface area contributed by atoms with Gasteiger partial charge in [0, 0.05) is 51.5 Å². The molecule has 0 unspecified atom stereocenters. The number of hydrogen-bond donors (Lipinski definition) is 0. The Bertz CT molecular complexity index is 962. The van der Waals surface area contributed by atoms with Gasteiger partial charge in [0.2, 0.25) is 10.0 Å². The third-order valence-corrected chi connectivity index (χ3v) is 7.77. The number of rotatable bonds is 6. The van der Waals surface area contributed by atoms with Gasteiger partial charge in [-0.2, -0.15) is 4.31 Å². The Kier molecular flexibility index (Phi) is 6.83. The number of piperazine rings is 1. The Morgan fingerprint density at radius 2 is 1.53 bits per heavy atom. The zero-order valence-corrected chi connectivity index (χ0v) is 19.0. The number of nitrogens with zero attached hydrogens (tertiary/aromatic N) is 3. The summed E-state index contributed by atoms with van der Waals surface area (Å²) in [5, 5.41) is 0. The van der Waals surface area contributed by atoms with Crippen LogP contribution in [0.25, 0.3) is 0 Å². The summed E-state index contributed by atoms with van der Waals surface area (Å²) in [6.45, 7) is 5.63. The lowest BCUT2D eigenvalue weighted by Crippen LogP contribution is -2.50. The molecular formula is C23H31N3O3S. The molecule has 7 heteroatoms. The van der Waals surface area contributed by atoms with Gasteiger partial charge in [-0.1, -0.05) is 26.0 Å². The summed E-state index contributed by atoms with van der Waals surface area (Å²) in [7, 11) is 0.355. The highest BCUT2D eigenvalue weighted by molar-refractivity contribution is 7.89. The van der Waals surface area contributed by atoms with E-state index in [9.17, 15) is 13.2 Å². The molecule has 1 fully saturated rings. The van der Waals surface area contributed by atoms with E-state index in [2.05, 4.69) is 13.8 Å². The van der Waals surface area contributed by atoms with E-state index < -0.39 is 10.0 Å². The SMILES string of the molecule is CC[C@@H](C)c1ccc(S(=O)(=O)N2CCN(C(=O)c3ccc(N(C)C)cc3)CC2)cc1. The van der Waals surface area contributed by atoms with Gasteiger partial charge < -0.3 is 9.80 Å². The van der Waals surface area contributed by atoms with E-state index in [4.69, 9.17) is 0 Å². The van der Waals surface area contributed by atoms with Gasteiger partial charge in [-0.3, -0.25) is 4.79 Å². The summed E-state index contributed by atoms with van der Waals surface area (Å²) >= 11 is 0. The predicted octanol–water partition coefficient (Wildman–Crippen LogP) is 3.41. The largest absolute Gasteiger partial charge is 0.378 e. The van der Waals surface area contributed by atoms with Crippen LogP contribution in [-0.4, -0.2) is 63.8 Å². The van der Waals surface area contributed by atoms with Crippen molar-refractivity contribution in [1.82, 2.24) is 9.21 Å². The predicted molar refractivity (Wildman–Crippen MR) is 121 cm³/mol. The second-order valence-electron chi connectivity index (χ2n) is 8.02. The first-order valence-electron chi connectivity index (χ1n) is 10.4. The number of carbonyl (C=O) groups excluding carboxylic acids is 1. The minimum atomic E-state index is -3.55. The second kappa shape index (κ2) is 9.18. The van der Waals surface area contributed by atoms with Crippen molar-refractivity contribution in [2.45, 2.75) is 31.1 Å². The molecule has 30 heavy (non-hydrogen) atoms. The molecular weight excluding hydrogens is 398 g/mol. The van der Waals surface area contributed by atoms with E-state index in [0.29, 0.717) is 42.6 Å². The number of benzene rings is 2. The van der Waals surface area contributed by atoms with Gasteiger partial charge >= 0.3 is 0 Å². The molecule has 0 aliphatic carbocycles. The van der Waals surface area contributed by atoms with Crippen LogP contribution in [0.1, 0.15) is 42.1 Å². The number of amides is 1. The van der Waals surface area contributed by atoms with E-state index in [0.717, 1.165) is 17.7 Å². The molecule has 0 aromatic heterocycles. The summed E-state index contributed by atoms with van der Waals surface area (Å²) in [4.78, 5) is 16.8. The van der Waals surface area contributed by atoms with Crippen LogP contribution in [0.2, 0.25) is 0 Å². The first-order valence-corrected chi connectivity index (χ1v) is 11.8. The van der Waals surface area contributed by atoms with Gasteiger partial charge in [-0.25, -0.2) is 8.42 Å². The summed E-state index contributed by atoms with van der Waals surface area (Å²) in [6, 6.07) is 14.7. The van der Waals surface area contributed by atoms with Gasteiger partial charge in [0.25, 0.3) is 5.91 Å². The maximum Gasteiger partial charge on any atom is 0.253 e. The maximum absolute atomic E-state index is 13.0. The number of sulfonamides is 1. The van der Waals surface area contributed by atoms with Crippen molar-refractivity contribution < 1.29 is 13.2 Å². The van der Waals surface area contributed by atoms with Gasteiger partial charge in [0.05, 0.1) is 4.90 Å². The van der Waals surface area contributed by atoms with Gasteiger partial charge in [0.15, 0.2) is 0 Å². The molecule has 162 valence electrons. The molecule has 3 rings (SSSR count). The van der Waals surface area contributed by atoms with Crippen LogP contribution in [-0.2, 0) is 10.0 Å². The minimum Gasteiger partial charge on any atom is -0.378 e. The summed E-state index contributed by atoms with van der Waals surface area (Å²) in [5.41, 5.74) is 2.80. The number of carbonyl (C=O) groups is 1. The van der Waals surface area contributed by atoms with E-state index in [1.54, 1.807) is 17.0 Å². The Balaban J connectivity index is 1.64. The standard InChI is InChI=1S/C23H31N3O3S/c1-5-18(2)19-8-12-22(13-9-19)30(28,29)26-16-14-25(15-17-26)23(27)20-6-10-21(11-7-20)24(3)4/h6-13,18H,5,14-17H2,1-4H3/t18-/m1/s1. The first-order chi connectivity index (χ1) is 14.2. The van der Waals surface area contributed by atoms with Gasteiger partial charge in [-0.05, 0) is 54.3 Å². The summed E-state index contributed by atoms with van der Waals surface area (Å²) < 4.78 is 27.5. The lowest BCUT2D eigenvalue weighted by atomic mass is 9.99. The Labute approximate surface area is 180 Å². The molecule has 0 spiro atoms. The van der Waals surface area contributed by atoms with Crippen molar-refractivity contribution in [3.05, 3.63) is 59.7 Å². The highest BCUT2D eigenvalue weighted by Crippen LogP contribution is 2.23. The van der Waals surface area contributed by atoms with Crippen LogP contribution >= 0.6 is 0 Å². The molecule has 6 nitrogen and oxygen atoms in total. The first kappa shape index (κ1) is 22.3. The Morgan fingerprint density at radius 3 is 2.03 bits per heavy atom. The highest BCUT2D eigenvalue weighted by atomic mass is 32.2. The van der Waals surface area contributed by atoms with Crippen LogP contribution in [0.3, 0.4) is 0 Å². The highest BCUT2D eigenvalue weighted by Gasteiger charge is 2.30. The van der Waals surface area contributed by atoms with Crippen molar-refractivity contribution in [3.8, 4) is 0 Å². The van der Waals surface area contributed by atoms with E-state index >= 15 is 0 Å². The van der Waals surface area contributed by atoms with Crippen LogP contribution in [0.5, 0.6) is 0 Å². The average Bonchev–Trinajstić information content (AvgIpc) is 2.78. The quantitative estimate of drug-likeness (QED) is 0.706. The third-order valence-electron chi connectivity index (χ3n) is 5.86. The smallest absolute Gasteiger partial charge is 0.253 e. The lowest BCUT2D eigenvalue weighted by Gasteiger charge is -2.34. The number of hydrogen-bond acceptors (Lipinski definition) is 4. The van der Waals surface area contributed by atoms with E-state index in [1.807, 2.05) is 55.4 Å². The third kappa shape index (κ3) is 4.68. The van der Waals surface area contributed by atoms with Gasteiger partial charge in [0.1, 0.15) is 0 Å². The van der Waals surface area contributed by atoms with Crippen molar-refractivity contribution in [3.63, 3.8) is 0 Å². The van der Waals surface area contributed by atoms with Crippen LogP contribution in [0.4, 0.5) is 5.69 Å². The molecule has 1 aliphatic heterocycles. The molecule has 2 aromatic rings. The fourth-order valence-electron chi connectivity index (χ4n) is 3.57. The van der Waals surface area contributed by atoms with E-state index in [-0.39, 0.29) is 5.91 Å². The molecule has 0 radical (unpaired) electrons. The molecule has 1 heterocycles. The second-order valence-corrected chi connectivity index (χ2v) is 9.95.